The molecule has 2 aliphatic heterocycles. The lowest BCUT2D eigenvalue weighted by Gasteiger charge is -2.35. The fourth-order valence-corrected chi connectivity index (χ4v) is 5.59. The van der Waals surface area contributed by atoms with E-state index < -0.39 is 9.84 Å². The number of piperazine rings is 1. The first-order valence-electron chi connectivity index (χ1n) is 7.77. The first-order chi connectivity index (χ1) is 10.9. The van der Waals surface area contributed by atoms with Crippen LogP contribution in [0.5, 0.6) is 0 Å². The maximum atomic E-state index is 12.4. The van der Waals surface area contributed by atoms with Gasteiger partial charge in [-0.25, -0.2) is 13.4 Å². The molecule has 0 bridgehead atoms. The lowest BCUT2D eigenvalue weighted by Crippen LogP contribution is -2.51. The Morgan fingerprint density at radius 1 is 1.39 bits per heavy atom. The summed E-state index contributed by atoms with van der Waals surface area (Å²) in [6.45, 7) is 3.25. The Kier molecular flexibility index (Phi) is 4.88. The highest BCUT2D eigenvalue weighted by atomic mass is 32.2. The highest BCUT2D eigenvalue weighted by molar-refractivity contribution is 7.91. The number of rotatable bonds is 4. The van der Waals surface area contributed by atoms with E-state index in [2.05, 4.69) is 9.88 Å². The highest BCUT2D eigenvalue weighted by Gasteiger charge is 2.32. The number of carbonyl (C=O) groups is 1. The molecule has 9 heteroatoms. The fraction of sp³-hybridized carbons (Fsp3) is 0.714. The molecule has 0 unspecified atom stereocenters. The molecule has 3 heterocycles. The summed E-state index contributed by atoms with van der Waals surface area (Å²) in [4.78, 5) is 22.7. The lowest BCUT2D eigenvalue weighted by molar-refractivity contribution is -0.132. The van der Waals surface area contributed by atoms with Gasteiger partial charge in [0.2, 0.25) is 5.91 Å². The van der Waals surface area contributed by atoms with Crippen molar-refractivity contribution in [2.75, 3.05) is 56.2 Å². The van der Waals surface area contributed by atoms with Gasteiger partial charge in [-0.3, -0.25) is 9.69 Å². The van der Waals surface area contributed by atoms with Crippen molar-refractivity contribution >= 4 is 32.2 Å². The van der Waals surface area contributed by atoms with E-state index >= 15 is 0 Å². The highest BCUT2D eigenvalue weighted by Crippen LogP contribution is 2.19. The summed E-state index contributed by atoms with van der Waals surface area (Å²) < 4.78 is 23.1. The summed E-state index contributed by atoms with van der Waals surface area (Å²) in [5.74, 6) is 0.493. The first-order valence-corrected chi connectivity index (χ1v) is 10.5. The predicted octanol–water partition coefficient (Wildman–Crippen LogP) is -0.0894. The van der Waals surface area contributed by atoms with Crippen molar-refractivity contribution < 1.29 is 13.2 Å². The number of carbonyl (C=O) groups excluding carboxylic acids is 1. The first kappa shape index (κ1) is 16.7. The summed E-state index contributed by atoms with van der Waals surface area (Å²) in [7, 11) is -1.07. The van der Waals surface area contributed by atoms with Gasteiger partial charge >= 0.3 is 0 Å². The molecule has 0 aliphatic carbocycles. The minimum Gasteiger partial charge on any atom is -0.345 e. The van der Waals surface area contributed by atoms with Gasteiger partial charge in [0.15, 0.2) is 15.0 Å². The smallest absolute Gasteiger partial charge is 0.236 e. The zero-order valence-electron chi connectivity index (χ0n) is 13.2. The van der Waals surface area contributed by atoms with Crippen LogP contribution in [0.2, 0.25) is 0 Å². The molecule has 0 aromatic carbocycles. The van der Waals surface area contributed by atoms with Crippen LogP contribution in [0.3, 0.4) is 0 Å². The Labute approximate surface area is 140 Å². The van der Waals surface area contributed by atoms with Crippen LogP contribution in [0.15, 0.2) is 11.6 Å². The third-order valence-electron chi connectivity index (χ3n) is 4.54. The Hall–Kier alpha value is -1.19. The number of likely N-dealkylation sites (N-methyl/N-ethyl adjacent to an activating group) is 1. The van der Waals surface area contributed by atoms with Crippen LogP contribution < -0.4 is 4.90 Å². The minimum atomic E-state index is -2.91. The molecular formula is C14H22N4O3S2. The van der Waals surface area contributed by atoms with Crippen LogP contribution >= 0.6 is 11.3 Å². The maximum absolute atomic E-state index is 12.4. The molecule has 2 fully saturated rings. The molecular weight excluding hydrogens is 336 g/mol. The molecule has 0 N–H and O–H groups in total. The summed E-state index contributed by atoms with van der Waals surface area (Å²) in [6, 6.07) is -0.0273. The topological polar surface area (TPSA) is 73.8 Å². The van der Waals surface area contributed by atoms with Crippen LogP contribution in [0.1, 0.15) is 6.42 Å². The largest absolute Gasteiger partial charge is 0.345 e. The molecule has 2 saturated heterocycles. The van der Waals surface area contributed by atoms with Crippen LogP contribution in [-0.2, 0) is 14.6 Å². The Morgan fingerprint density at radius 2 is 2.13 bits per heavy atom. The molecule has 23 heavy (non-hydrogen) atoms. The molecule has 1 aromatic rings. The zero-order chi connectivity index (χ0) is 16.4. The third kappa shape index (κ3) is 4.02. The normalized spacial score (nSPS) is 24.3. The van der Waals surface area contributed by atoms with Gasteiger partial charge in [-0.05, 0) is 13.5 Å². The third-order valence-corrected chi connectivity index (χ3v) is 7.12. The van der Waals surface area contributed by atoms with Crippen molar-refractivity contribution in [2.24, 2.45) is 0 Å². The van der Waals surface area contributed by atoms with Crippen molar-refractivity contribution in [3.8, 4) is 0 Å². The van der Waals surface area contributed by atoms with E-state index in [9.17, 15) is 13.2 Å². The second kappa shape index (κ2) is 6.74. The SMILES string of the molecule is CN(CC(=O)N1CCN(c2nccs2)CC1)[C@H]1CCS(=O)(=O)C1. The average molecular weight is 358 g/mol. The average Bonchev–Trinajstić information content (AvgIpc) is 3.16. The van der Waals surface area contributed by atoms with Crippen LogP contribution in [-0.4, -0.2) is 86.4 Å². The molecule has 0 spiro atoms. The number of aromatic nitrogens is 1. The van der Waals surface area contributed by atoms with Crippen molar-refractivity contribution in [3.63, 3.8) is 0 Å². The van der Waals surface area contributed by atoms with E-state index in [0.717, 1.165) is 18.2 Å². The van der Waals surface area contributed by atoms with Crippen LogP contribution in [0.25, 0.3) is 0 Å². The number of sulfone groups is 1. The van der Waals surface area contributed by atoms with Crippen molar-refractivity contribution in [2.45, 2.75) is 12.5 Å². The van der Waals surface area contributed by atoms with Gasteiger partial charge in [-0.15, -0.1) is 11.3 Å². The van der Waals surface area contributed by atoms with E-state index in [-0.39, 0.29) is 30.0 Å². The molecule has 3 rings (SSSR count). The van der Waals surface area contributed by atoms with Gasteiger partial charge in [0, 0.05) is 43.8 Å². The second-order valence-electron chi connectivity index (χ2n) is 6.15. The molecule has 0 saturated carbocycles. The quantitative estimate of drug-likeness (QED) is 0.749. The molecule has 1 amide bonds. The van der Waals surface area contributed by atoms with Crippen molar-refractivity contribution in [1.82, 2.24) is 14.8 Å². The summed E-state index contributed by atoms with van der Waals surface area (Å²) in [5.41, 5.74) is 0. The van der Waals surface area contributed by atoms with E-state index in [1.54, 1.807) is 17.5 Å². The zero-order valence-corrected chi connectivity index (χ0v) is 14.9. The Balaban J connectivity index is 1.48. The van der Waals surface area contributed by atoms with Gasteiger partial charge in [-0.1, -0.05) is 0 Å². The molecule has 128 valence electrons. The van der Waals surface area contributed by atoms with Crippen LogP contribution in [0.4, 0.5) is 5.13 Å². The number of hydrogen-bond donors (Lipinski definition) is 0. The molecule has 0 radical (unpaired) electrons. The standard InChI is InChI=1S/C14H22N4O3S2/c1-16(12-2-9-23(20,21)11-12)10-13(19)17-4-6-18(7-5-17)14-15-3-8-22-14/h3,8,12H,2,4-7,9-11H2,1H3/t12-/m0/s1. The van der Waals surface area contributed by atoms with E-state index in [0.29, 0.717) is 19.5 Å². The Morgan fingerprint density at radius 3 is 2.70 bits per heavy atom. The predicted molar refractivity (Wildman–Crippen MR) is 90.6 cm³/mol. The van der Waals surface area contributed by atoms with Gasteiger partial charge in [0.25, 0.3) is 0 Å². The molecule has 1 atom stereocenters. The number of hydrogen-bond acceptors (Lipinski definition) is 7. The van der Waals surface area contributed by atoms with Gasteiger partial charge in [0.05, 0.1) is 18.1 Å². The van der Waals surface area contributed by atoms with Crippen molar-refractivity contribution in [1.29, 1.82) is 0 Å². The lowest BCUT2D eigenvalue weighted by atomic mass is 10.2. The maximum Gasteiger partial charge on any atom is 0.236 e. The number of amides is 1. The van der Waals surface area contributed by atoms with Gasteiger partial charge in [0.1, 0.15) is 0 Å². The van der Waals surface area contributed by atoms with E-state index in [4.69, 9.17) is 0 Å². The molecule has 2 aliphatic rings. The van der Waals surface area contributed by atoms with E-state index in [1.165, 1.54) is 0 Å². The number of nitrogens with zero attached hydrogens (tertiary/aromatic N) is 4. The van der Waals surface area contributed by atoms with Gasteiger partial charge in [-0.2, -0.15) is 0 Å². The van der Waals surface area contributed by atoms with Crippen molar-refractivity contribution in [3.05, 3.63) is 11.6 Å². The monoisotopic (exact) mass is 358 g/mol. The number of anilines is 1. The minimum absolute atomic E-state index is 0.0273. The summed E-state index contributed by atoms with van der Waals surface area (Å²) >= 11 is 1.61. The molecule has 1 aromatic heterocycles. The number of thiazole rings is 1. The summed E-state index contributed by atoms with van der Waals surface area (Å²) in [6.07, 6.45) is 2.42. The molecule has 7 nitrogen and oxygen atoms in total. The Bertz CT molecular complexity index is 639. The van der Waals surface area contributed by atoms with Gasteiger partial charge < -0.3 is 9.80 Å². The van der Waals surface area contributed by atoms with Crippen LogP contribution in [0, 0.1) is 0 Å². The van der Waals surface area contributed by atoms with E-state index in [1.807, 2.05) is 22.2 Å². The fourth-order valence-electron chi connectivity index (χ4n) is 3.08. The second-order valence-corrected chi connectivity index (χ2v) is 9.26. The summed E-state index contributed by atoms with van der Waals surface area (Å²) in [5, 5.41) is 2.96.